The molecule has 0 bridgehead atoms. The lowest BCUT2D eigenvalue weighted by atomic mass is 9.97. The molecule has 0 radical (unpaired) electrons. The van der Waals surface area contributed by atoms with Gasteiger partial charge in [-0.25, -0.2) is 8.42 Å². The molecule has 0 aliphatic heterocycles. The zero-order chi connectivity index (χ0) is 19.1. The van der Waals surface area contributed by atoms with E-state index >= 15 is 0 Å². The van der Waals surface area contributed by atoms with E-state index in [0.717, 1.165) is 19.3 Å². The first-order chi connectivity index (χ1) is 13.0. The molecule has 27 heavy (non-hydrogen) atoms. The molecule has 2 N–H and O–H groups in total. The molecule has 2 aromatic carbocycles. The molecule has 6 heteroatoms. The maximum absolute atomic E-state index is 12.4. The fourth-order valence-electron chi connectivity index (χ4n) is 3.11. The average Bonchev–Trinajstić information content (AvgIpc) is 2.69. The van der Waals surface area contributed by atoms with Crippen LogP contribution in [0.15, 0.2) is 71.1 Å². The van der Waals surface area contributed by atoms with E-state index in [1.165, 1.54) is 30.5 Å². The molecule has 1 amide bonds. The number of hydrogen-bond acceptors (Lipinski definition) is 3. The number of hydrogen-bond donors (Lipinski definition) is 2. The average molecular weight is 385 g/mol. The van der Waals surface area contributed by atoms with Gasteiger partial charge in [0.25, 0.3) is 15.9 Å². The quantitative estimate of drug-likeness (QED) is 0.706. The summed E-state index contributed by atoms with van der Waals surface area (Å²) in [7, 11) is -3.68. The van der Waals surface area contributed by atoms with Crippen molar-refractivity contribution < 1.29 is 13.2 Å². The molecule has 5 nitrogen and oxygen atoms in total. The van der Waals surface area contributed by atoms with Gasteiger partial charge in [0, 0.05) is 17.8 Å². The van der Waals surface area contributed by atoms with Gasteiger partial charge in [-0.1, -0.05) is 35.9 Å². The van der Waals surface area contributed by atoms with Crippen LogP contribution < -0.4 is 10.0 Å². The molecular formula is C21H24N2O3S. The van der Waals surface area contributed by atoms with E-state index in [1.807, 2.05) is 0 Å². The predicted octanol–water partition coefficient (Wildman–Crippen LogP) is 4.11. The van der Waals surface area contributed by atoms with Crippen LogP contribution in [-0.4, -0.2) is 20.9 Å². The Morgan fingerprint density at radius 3 is 2.56 bits per heavy atom. The Morgan fingerprint density at radius 1 is 1.00 bits per heavy atom. The molecule has 0 fully saturated rings. The second-order valence-corrected chi connectivity index (χ2v) is 8.30. The molecule has 0 atom stereocenters. The number of carbonyl (C=O) groups is 1. The van der Waals surface area contributed by atoms with Crippen molar-refractivity contribution in [1.29, 1.82) is 0 Å². The second kappa shape index (κ2) is 8.86. The number of nitrogens with one attached hydrogen (secondary N) is 2. The molecule has 0 spiro atoms. The van der Waals surface area contributed by atoms with E-state index in [-0.39, 0.29) is 10.8 Å². The standard InChI is InChI=1S/C21H24N2O3S/c24-21(22-15-14-17-8-3-1-4-9-17)18-10-7-11-19(16-18)23-27(25,26)20-12-5-2-6-13-20/h2,5-8,10-13,16,23H,1,3-4,9,14-15H2,(H,22,24). The van der Waals surface area contributed by atoms with Gasteiger partial charge in [-0.3, -0.25) is 9.52 Å². The van der Waals surface area contributed by atoms with E-state index < -0.39 is 10.0 Å². The van der Waals surface area contributed by atoms with Gasteiger partial charge in [0.1, 0.15) is 0 Å². The first-order valence-electron chi connectivity index (χ1n) is 9.19. The van der Waals surface area contributed by atoms with Crippen molar-refractivity contribution in [2.45, 2.75) is 37.0 Å². The van der Waals surface area contributed by atoms with Crippen LogP contribution in [0.5, 0.6) is 0 Å². The van der Waals surface area contributed by atoms with E-state index in [9.17, 15) is 13.2 Å². The summed E-state index contributed by atoms with van der Waals surface area (Å²) in [6.45, 7) is 0.588. The van der Waals surface area contributed by atoms with Gasteiger partial charge < -0.3 is 5.32 Å². The minimum atomic E-state index is -3.68. The number of anilines is 1. The highest BCUT2D eigenvalue weighted by molar-refractivity contribution is 7.92. The topological polar surface area (TPSA) is 75.3 Å². The summed E-state index contributed by atoms with van der Waals surface area (Å²) < 4.78 is 27.3. The minimum absolute atomic E-state index is 0.181. The van der Waals surface area contributed by atoms with Crippen molar-refractivity contribution in [1.82, 2.24) is 5.32 Å². The highest BCUT2D eigenvalue weighted by Gasteiger charge is 2.14. The fourth-order valence-corrected chi connectivity index (χ4v) is 4.18. The van der Waals surface area contributed by atoms with E-state index in [2.05, 4.69) is 16.1 Å². The molecular weight excluding hydrogens is 360 g/mol. The molecule has 1 aliphatic rings. The van der Waals surface area contributed by atoms with Crippen molar-refractivity contribution in [2.75, 3.05) is 11.3 Å². The van der Waals surface area contributed by atoms with Crippen LogP contribution in [0, 0.1) is 0 Å². The monoisotopic (exact) mass is 384 g/mol. The largest absolute Gasteiger partial charge is 0.352 e. The van der Waals surface area contributed by atoms with Crippen LogP contribution in [0.25, 0.3) is 0 Å². The maximum Gasteiger partial charge on any atom is 0.261 e. The minimum Gasteiger partial charge on any atom is -0.352 e. The fraction of sp³-hybridized carbons (Fsp3) is 0.286. The second-order valence-electron chi connectivity index (χ2n) is 6.61. The Hall–Kier alpha value is -2.60. The Morgan fingerprint density at radius 2 is 1.81 bits per heavy atom. The number of allylic oxidation sites excluding steroid dienone is 1. The molecule has 1 aliphatic carbocycles. The lowest BCUT2D eigenvalue weighted by Crippen LogP contribution is -2.25. The van der Waals surface area contributed by atoms with E-state index in [1.54, 1.807) is 42.5 Å². The van der Waals surface area contributed by atoms with Crippen LogP contribution in [0.4, 0.5) is 5.69 Å². The van der Waals surface area contributed by atoms with Crippen LogP contribution in [-0.2, 0) is 10.0 Å². The van der Waals surface area contributed by atoms with Gasteiger partial charge in [-0.05, 0) is 62.4 Å². The van der Waals surface area contributed by atoms with Crippen LogP contribution in [0.1, 0.15) is 42.5 Å². The summed E-state index contributed by atoms with van der Waals surface area (Å²) in [6, 6.07) is 14.7. The summed E-state index contributed by atoms with van der Waals surface area (Å²) in [4.78, 5) is 12.5. The summed E-state index contributed by atoms with van der Waals surface area (Å²) in [6.07, 6.45) is 7.87. The molecule has 0 saturated carbocycles. The summed E-state index contributed by atoms with van der Waals surface area (Å²) in [5.41, 5.74) is 2.20. The van der Waals surface area contributed by atoms with Crippen molar-refractivity contribution in [2.24, 2.45) is 0 Å². The third-order valence-electron chi connectivity index (χ3n) is 4.55. The predicted molar refractivity (Wildman–Crippen MR) is 107 cm³/mol. The van der Waals surface area contributed by atoms with Gasteiger partial charge >= 0.3 is 0 Å². The third kappa shape index (κ3) is 5.44. The number of sulfonamides is 1. The Labute approximate surface area is 160 Å². The molecule has 0 heterocycles. The number of carbonyl (C=O) groups excluding carboxylic acids is 1. The van der Waals surface area contributed by atoms with Crippen LogP contribution in [0.3, 0.4) is 0 Å². The van der Waals surface area contributed by atoms with Crippen molar-refractivity contribution in [3.05, 3.63) is 71.8 Å². The molecule has 3 rings (SSSR count). The SMILES string of the molecule is O=C(NCCC1=CCCCC1)c1cccc(NS(=O)(=O)c2ccccc2)c1. The number of amides is 1. The molecule has 0 saturated heterocycles. The molecule has 142 valence electrons. The van der Waals surface area contributed by atoms with Crippen molar-refractivity contribution in [3.63, 3.8) is 0 Å². The van der Waals surface area contributed by atoms with E-state index in [4.69, 9.17) is 0 Å². The zero-order valence-electron chi connectivity index (χ0n) is 15.1. The number of benzene rings is 2. The smallest absolute Gasteiger partial charge is 0.261 e. The number of rotatable bonds is 7. The van der Waals surface area contributed by atoms with Crippen LogP contribution in [0.2, 0.25) is 0 Å². The van der Waals surface area contributed by atoms with Crippen LogP contribution >= 0.6 is 0 Å². The molecule has 0 unspecified atom stereocenters. The Bertz CT molecular complexity index is 921. The van der Waals surface area contributed by atoms with Gasteiger partial charge in [0.2, 0.25) is 0 Å². The first-order valence-corrected chi connectivity index (χ1v) is 10.7. The van der Waals surface area contributed by atoms with Gasteiger partial charge in [-0.2, -0.15) is 0 Å². The Balaban J connectivity index is 1.61. The lowest BCUT2D eigenvalue weighted by Gasteiger charge is -2.13. The van der Waals surface area contributed by atoms with Crippen molar-refractivity contribution >= 4 is 21.6 Å². The van der Waals surface area contributed by atoms with Crippen molar-refractivity contribution in [3.8, 4) is 0 Å². The first kappa shape index (κ1) is 19.2. The van der Waals surface area contributed by atoms with Gasteiger partial charge in [0.05, 0.1) is 4.90 Å². The van der Waals surface area contributed by atoms with E-state index in [0.29, 0.717) is 17.8 Å². The normalized spacial score (nSPS) is 14.3. The maximum atomic E-state index is 12.4. The molecule has 2 aromatic rings. The van der Waals surface area contributed by atoms with Gasteiger partial charge in [0.15, 0.2) is 0 Å². The summed E-state index contributed by atoms with van der Waals surface area (Å²) in [5.74, 6) is -0.202. The van der Waals surface area contributed by atoms with Gasteiger partial charge in [-0.15, -0.1) is 0 Å². The summed E-state index contributed by atoms with van der Waals surface area (Å²) in [5, 5.41) is 2.91. The summed E-state index contributed by atoms with van der Waals surface area (Å²) >= 11 is 0. The third-order valence-corrected chi connectivity index (χ3v) is 5.94. The molecule has 0 aromatic heterocycles. The Kier molecular flexibility index (Phi) is 6.29. The highest BCUT2D eigenvalue weighted by Crippen LogP contribution is 2.20. The highest BCUT2D eigenvalue weighted by atomic mass is 32.2. The zero-order valence-corrected chi connectivity index (χ0v) is 16.0. The lowest BCUT2D eigenvalue weighted by molar-refractivity contribution is 0.0954.